The summed E-state index contributed by atoms with van der Waals surface area (Å²) in [4.78, 5) is 25.3. The molecule has 1 aromatic carbocycles. The number of amidine groups is 1. The number of nitrogens with zero attached hydrogens (tertiary/aromatic N) is 3. The van der Waals surface area contributed by atoms with Crippen LogP contribution < -0.4 is 20.5 Å². The molecule has 0 radical (unpaired) electrons. The molecule has 3 N–H and O–H groups in total. The number of fused-ring (bicyclic) bond motifs is 3. The molecule has 3 heterocycles. The van der Waals surface area contributed by atoms with Gasteiger partial charge in [0.1, 0.15) is 23.6 Å². The number of nitrogens with two attached hydrogens (primary N) is 1. The van der Waals surface area contributed by atoms with Gasteiger partial charge < -0.3 is 25.3 Å². The van der Waals surface area contributed by atoms with Gasteiger partial charge >= 0.3 is 0 Å². The summed E-state index contributed by atoms with van der Waals surface area (Å²) in [6, 6.07) is 5.71. The lowest BCUT2D eigenvalue weighted by atomic mass is 9.74. The quantitative estimate of drug-likeness (QED) is 0.825. The normalized spacial score (nSPS) is 23.4. The highest BCUT2D eigenvalue weighted by Crippen LogP contribution is 2.65. The van der Waals surface area contributed by atoms with Crippen LogP contribution in [0.4, 0.5) is 5.69 Å². The number of hydrogen-bond acceptors (Lipinski definition) is 8. The molecule has 1 fully saturated rings. The van der Waals surface area contributed by atoms with Gasteiger partial charge in [-0.3, -0.25) is 4.79 Å². The van der Waals surface area contributed by atoms with Crippen LogP contribution in [0.15, 0.2) is 35.6 Å². The average molecular weight is 381 g/mol. The van der Waals surface area contributed by atoms with Gasteiger partial charge in [-0.25, -0.2) is 15.0 Å². The highest BCUT2D eigenvalue weighted by Gasteiger charge is 2.66. The number of nitrogens with one attached hydrogen (secondary N) is 1. The molecule has 0 unspecified atom stereocenters. The van der Waals surface area contributed by atoms with Crippen molar-refractivity contribution in [2.45, 2.75) is 18.4 Å². The van der Waals surface area contributed by atoms with Crippen LogP contribution in [0.1, 0.15) is 28.9 Å². The Labute approximate surface area is 160 Å². The van der Waals surface area contributed by atoms with Crippen molar-refractivity contribution in [3.8, 4) is 11.6 Å². The van der Waals surface area contributed by atoms with Crippen molar-refractivity contribution in [1.82, 2.24) is 9.97 Å². The van der Waals surface area contributed by atoms with Crippen molar-refractivity contribution in [3.63, 3.8) is 0 Å². The van der Waals surface area contributed by atoms with E-state index < -0.39 is 5.54 Å². The molecule has 144 valence electrons. The van der Waals surface area contributed by atoms with Crippen LogP contribution >= 0.6 is 0 Å². The fraction of sp³-hybridized carbons (Fsp3) is 0.368. The number of anilines is 1. The Morgan fingerprint density at radius 2 is 2.07 bits per heavy atom. The molecule has 5 rings (SSSR count). The van der Waals surface area contributed by atoms with Gasteiger partial charge in [0.15, 0.2) is 0 Å². The van der Waals surface area contributed by atoms with Gasteiger partial charge in [0.25, 0.3) is 11.9 Å². The molecule has 9 heteroatoms. The van der Waals surface area contributed by atoms with Crippen LogP contribution in [-0.4, -0.2) is 42.2 Å². The summed E-state index contributed by atoms with van der Waals surface area (Å²) < 4.78 is 16.5. The minimum absolute atomic E-state index is 0.0921. The monoisotopic (exact) mass is 381 g/mol. The Bertz CT molecular complexity index is 986. The molecule has 2 aliphatic heterocycles. The molecule has 2 spiro atoms. The molecule has 3 aliphatic rings. The van der Waals surface area contributed by atoms with Crippen molar-refractivity contribution in [2.75, 3.05) is 25.6 Å². The largest absolute Gasteiger partial charge is 0.493 e. The Balaban J connectivity index is 1.47. The molecule has 1 aliphatic carbocycles. The van der Waals surface area contributed by atoms with Gasteiger partial charge in [-0.2, -0.15) is 0 Å². The number of methoxy groups -OCH3 is 1. The van der Waals surface area contributed by atoms with Crippen LogP contribution in [0.25, 0.3) is 0 Å². The minimum atomic E-state index is -0.564. The van der Waals surface area contributed by atoms with E-state index in [2.05, 4.69) is 20.3 Å². The molecule has 28 heavy (non-hydrogen) atoms. The Morgan fingerprint density at radius 1 is 1.21 bits per heavy atom. The van der Waals surface area contributed by atoms with Gasteiger partial charge in [0.05, 0.1) is 26.1 Å². The first-order valence-electron chi connectivity index (χ1n) is 8.98. The van der Waals surface area contributed by atoms with E-state index in [9.17, 15) is 4.79 Å². The maximum absolute atomic E-state index is 12.5. The molecule has 1 atom stereocenters. The summed E-state index contributed by atoms with van der Waals surface area (Å²) in [6.07, 6.45) is 4.77. The summed E-state index contributed by atoms with van der Waals surface area (Å²) in [5.74, 6) is 0.713. The van der Waals surface area contributed by atoms with E-state index in [-0.39, 0.29) is 23.0 Å². The minimum Gasteiger partial charge on any atom is -0.493 e. The summed E-state index contributed by atoms with van der Waals surface area (Å²) in [5.41, 5.74) is 6.89. The summed E-state index contributed by atoms with van der Waals surface area (Å²) >= 11 is 0. The van der Waals surface area contributed by atoms with Gasteiger partial charge in [0, 0.05) is 16.7 Å². The Kier molecular flexibility index (Phi) is 3.49. The predicted octanol–water partition coefficient (Wildman–Crippen LogP) is 1.45. The van der Waals surface area contributed by atoms with E-state index in [0.717, 1.165) is 24.2 Å². The summed E-state index contributed by atoms with van der Waals surface area (Å²) in [7, 11) is 1.49. The zero-order chi connectivity index (χ0) is 19.4. The van der Waals surface area contributed by atoms with E-state index in [1.165, 1.54) is 19.5 Å². The second kappa shape index (κ2) is 5.82. The third kappa shape index (κ3) is 2.39. The molecule has 1 amide bonds. The molecule has 0 bridgehead atoms. The number of aromatic nitrogens is 2. The summed E-state index contributed by atoms with van der Waals surface area (Å²) in [5, 5.41) is 2.85. The van der Waals surface area contributed by atoms with Gasteiger partial charge in [-0.1, -0.05) is 0 Å². The molecule has 0 saturated heterocycles. The van der Waals surface area contributed by atoms with E-state index >= 15 is 0 Å². The molecular weight excluding hydrogens is 362 g/mol. The average Bonchev–Trinajstić information content (AvgIpc) is 3.41. The Hall–Kier alpha value is -3.36. The van der Waals surface area contributed by atoms with Crippen LogP contribution in [0.5, 0.6) is 11.6 Å². The van der Waals surface area contributed by atoms with E-state index in [1.807, 2.05) is 12.1 Å². The van der Waals surface area contributed by atoms with Crippen molar-refractivity contribution >= 4 is 17.6 Å². The standard InChI is InChI=1S/C19H19N5O4/c1-26-15-8-21-13(7-22-15)16(25)23-11-2-3-14-12(6-11)19(10-28-17(20)24-19)18(4-5-18)9-27-14/h2-3,6-8H,4-5,9-10H2,1H3,(H2,20,24)(H,23,25)/t19-/m0/s1. The SMILES string of the molecule is COc1cnc(C(=O)Nc2ccc3c(c2)[C@@]2(COC(N)=N2)C2(CC2)CO3)cn1. The highest BCUT2D eigenvalue weighted by molar-refractivity contribution is 6.02. The third-order valence-electron chi connectivity index (χ3n) is 5.72. The van der Waals surface area contributed by atoms with Gasteiger partial charge in [0.2, 0.25) is 5.88 Å². The molecule has 1 saturated carbocycles. The fourth-order valence-electron chi connectivity index (χ4n) is 3.96. The smallest absolute Gasteiger partial charge is 0.283 e. The molecule has 2 aromatic rings. The molecular formula is C19H19N5O4. The zero-order valence-electron chi connectivity index (χ0n) is 15.3. The first kappa shape index (κ1) is 16.8. The number of hydrogen-bond donors (Lipinski definition) is 2. The van der Waals surface area contributed by atoms with Gasteiger partial charge in [-0.05, 0) is 31.0 Å². The maximum atomic E-state index is 12.5. The van der Waals surface area contributed by atoms with Crippen molar-refractivity contribution < 1.29 is 19.0 Å². The predicted molar refractivity (Wildman–Crippen MR) is 99.4 cm³/mol. The number of amides is 1. The van der Waals surface area contributed by atoms with E-state index in [4.69, 9.17) is 19.9 Å². The molecule has 9 nitrogen and oxygen atoms in total. The number of benzene rings is 1. The van der Waals surface area contributed by atoms with Gasteiger partial charge in [-0.15, -0.1) is 0 Å². The first-order chi connectivity index (χ1) is 13.6. The fourth-order valence-corrected chi connectivity index (χ4v) is 3.96. The lowest BCUT2D eigenvalue weighted by Crippen LogP contribution is -2.44. The number of rotatable bonds is 3. The van der Waals surface area contributed by atoms with Crippen LogP contribution in [0.2, 0.25) is 0 Å². The Morgan fingerprint density at radius 3 is 2.71 bits per heavy atom. The topological polar surface area (TPSA) is 121 Å². The highest BCUT2D eigenvalue weighted by atomic mass is 16.5. The number of carbonyl (C=O) groups excluding carboxylic acids is 1. The van der Waals surface area contributed by atoms with E-state index in [1.54, 1.807) is 6.07 Å². The van der Waals surface area contributed by atoms with Crippen molar-refractivity contribution in [1.29, 1.82) is 0 Å². The second-order valence-electron chi connectivity index (χ2n) is 7.28. The van der Waals surface area contributed by atoms with Crippen LogP contribution in [0, 0.1) is 5.41 Å². The molecule has 1 aromatic heterocycles. The summed E-state index contributed by atoms with van der Waals surface area (Å²) in [6.45, 7) is 0.976. The third-order valence-corrected chi connectivity index (χ3v) is 5.72. The lowest BCUT2D eigenvalue weighted by Gasteiger charge is -2.39. The van der Waals surface area contributed by atoms with E-state index in [0.29, 0.717) is 24.8 Å². The van der Waals surface area contributed by atoms with Crippen LogP contribution in [-0.2, 0) is 10.3 Å². The van der Waals surface area contributed by atoms with Crippen molar-refractivity contribution in [2.24, 2.45) is 16.1 Å². The second-order valence-corrected chi connectivity index (χ2v) is 7.28. The van der Waals surface area contributed by atoms with Crippen molar-refractivity contribution in [3.05, 3.63) is 41.9 Å². The lowest BCUT2D eigenvalue weighted by molar-refractivity contribution is 0.0871. The zero-order valence-corrected chi connectivity index (χ0v) is 15.3. The van der Waals surface area contributed by atoms with Crippen LogP contribution in [0.3, 0.4) is 0 Å². The number of ether oxygens (including phenoxy) is 3. The maximum Gasteiger partial charge on any atom is 0.283 e. The first-order valence-corrected chi connectivity index (χ1v) is 8.98. The number of aliphatic imine (C=N–C) groups is 1. The number of carbonyl (C=O) groups is 1.